The lowest BCUT2D eigenvalue weighted by atomic mass is 10.1. The molecule has 1 fully saturated rings. The van der Waals surface area contributed by atoms with Gasteiger partial charge in [0.1, 0.15) is 11.6 Å². The minimum absolute atomic E-state index is 0.243. The van der Waals surface area contributed by atoms with Crippen molar-refractivity contribution in [1.82, 2.24) is 15.2 Å². The molecule has 0 aliphatic heterocycles. The molecule has 3 nitrogen and oxygen atoms in total. The van der Waals surface area contributed by atoms with Gasteiger partial charge in [-0.15, -0.1) is 0 Å². The summed E-state index contributed by atoms with van der Waals surface area (Å²) >= 11 is 0. The van der Waals surface area contributed by atoms with E-state index in [1.807, 2.05) is 13.0 Å². The van der Waals surface area contributed by atoms with E-state index in [1.54, 1.807) is 0 Å². The molecule has 1 aliphatic rings. The molecule has 0 unspecified atom stereocenters. The third-order valence-electron chi connectivity index (χ3n) is 2.77. The maximum absolute atomic E-state index is 13.2. The van der Waals surface area contributed by atoms with Crippen LogP contribution in [-0.4, -0.2) is 15.2 Å². The zero-order valence-corrected chi connectivity index (χ0v) is 9.00. The van der Waals surface area contributed by atoms with Gasteiger partial charge in [-0.1, -0.05) is 0 Å². The minimum atomic E-state index is -0.243. The van der Waals surface area contributed by atoms with Gasteiger partial charge >= 0.3 is 0 Å². The molecule has 1 saturated carbocycles. The SMILES string of the molecule is Cc1cc(F)cc(-c2n[nH]c(C3CC3)n2)c1. The number of aryl methyl sites for hydroxylation is 1. The predicted octanol–water partition coefficient (Wildman–Crippen LogP) is 2.80. The number of rotatable bonds is 2. The molecule has 0 amide bonds. The van der Waals surface area contributed by atoms with Crippen molar-refractivity contribution in [2.45, 2.75) is 25.7 Å². The fourth-order valence-corrected chi connectivity index (χ4v) is 1.81. The van der Waals surface area contributed by atoms with Gasteiger partial charge in [0.25, 0.3) is 0 Å². The standard InChI is InChI=1S/C12H12FN3/c1-7-4-9(6-10(13)5-7)12-14-11(15-16-12)8-2-3-8/h4-6,8H,2-3H2,1H3,(H,14,15,16). The number of halogens is 1. The smallest absolute Gasteiger partial charge is 0.181 e. The summed E-state index contributed by atoms with van der Waals surface area (Å²) in [6, 6.07) is 4.85. The van der Waals surface area contributed by atoms with E-state index in [1.165, 1.54) is 25.0 Å². The average molecular weight is 217 g/mol. The van der Waals surface area contributed by atoms with Crippen LogP contribution in [-0.2, 0) is 0 Å². The third kappa shape index (κ3) is 1.71. The molecular formula is C12H12FN3. The number of hydrogen-bond donors (Lipinski definition) is 1. The van der Waals surface area contributed by atoms with E-state index in [-0.39, 0.29) is 5.82 Å². The molecule has 16 heavy (non-hydrogen) atoms. The maximum atomic E-state index is 13.2. The quantitative estimate of drug-likeness (QED) is 0.840. The van der Waals surface area contributed by atoms with E-state index in [2.05, 4.69) is 15.2 Å². The number of aromatic nitrogens is 3. The Morgan fingerprint density at radius 3 is 2.81 bits per heavy atom. The van der Waals surface area contributed by atoms with Crippen LogP contribution < -0.4 is 0 Å². The van der Waals surface area contributed by atoms with Crippen LogP contribution in [0.3, 0.4) is 0 Å². The molecule has 82 valence electrons. The molecule has 3 rings (SSSR count). The van der Waals surface area contributed by atoms with Crippen LogP contribution in [0.5, 0.6) is 0 Å². The van der Waals surface area contributed by atoms with Crippen LogP contribution in [0, 0.1) is 12.7 Å². The molecule has 0 bridgehead atoms. The van der Waals surface area contributed by atoms with Crippen LogP contribution in [0.1, 0.15) is 30.1 Å². The Balaban J connectivity index is 2.00. The van der Waals surface area contributed by atoms with Crippen molar-refractivity contribution in [3.63, 3.8) is 0 Å². The highest BCUT2D eigenvalue weighted by Gasteiger charge is 2.27. The summed E-state index contributed by atoms with van der Waals surface area (Å²) in [5.74, 6) is 1.81. The van der Waals surface area contributed by atoms with Gasteiger partial charge in [-0.2, -0.15) is 5.10 Å². The Bertz CT molecular complexity index is 509. The van der Waals surface area contributed by atoms with Crippen molar-refractivity contribution in [2.75, 3.05) is 0 Å². The van der Waals surface area contributed by atoms with Crippen molar-refractivity contribution in [1.29, 1.82) is 0 Å². The highest BCUT2D eigenvalue weighted by Crippen LogP contribution is 2.38. The molecule has 4 heteroatoms. The summed E-state index contributed by atoms with van der Waals surface area (Å²) in [6.07, 6.45) is 2.35. The molecule has 1 heterocycles. The summed E-state index contributed by atoms with van der Waals surface area (Å²) in [5, 5.41) is 7.05. The second kappa shape index (κ2) is 3.40. The van der Waals surface area contributed by atoms with Crippen LogP contribution >= 0.6 is 0 Å². The number of benzene rings is 1. The van der Waals surface area contributed by atoms with E-state index in [9.17, 15) is 4.39 Å². The van der Waals surface area contributed by atoms with Gasteiger partial charge in [-0.3, -0.25) is 5.10 Å². The second-order valence-electron chi connectivity index (χ2n) is 4.34. The number of H-pyrrole nitrogens is 1. The lowest BCUT2D eigenvalue weighted by Crippen LogP contribution is -1.85. The number of nitrogens with zero attached hydrogens (tertiary/aromatic N) is 2. The van der Waals surface area contributed by atoms with Gasteiger partial charge in [0.05, 0.1) is 0 Å². The van der Waals surface area contributed by atoms with Gasteiger partial charge in [-0.25, -0.2) is 9.37 Å². The Labute approximate surface area is 92.7 Å². The maximum Gasteiger partial charge on any atom is 0.181 e. The Hall–Kier alpha value is -1.71. The average Bonchev–Trinajstić information content (AvgIpc) is 2.95. The highest BCUT2D eigenvalue weighted by molar-refractivity contribution is 5.56. The zero-order chi connectivity index (χ0) is 11.1. The Morgan fingerprint density at radius 2 is 2.12 bits per heavy atom. The van der Waals surface area contributed by atoms with E-state index in [0.717, 1.165) is 17.0 Å². The third-order valence-corrected chi connectivity index (χ3v) is 2.77. The van der Waals surface area contributed by atoms with Crippen LogP contribution in [0.15, 0.2) is 18.2 Å². The zero-order valence-electron chi connectivity index (χ0n) is 9.00. The van der Waals surface area contributed by atoms with Crippen LogP contribution in [0.25, 0.3) is 11.4 Å². The predicted molar refractivity (Wildman–Crippen MR) is 58.5 cm³/mol. The molecule has 0 atom stereocenters. The van der Waals surface area contributed by atoms with E-state index in [0.29, 0.717) is 11.7 Å². The van der Waals surface area contributed by atoms with Gasteiger partial charge in [0.2, 0.25) is 0 Å². The Kier molecular flexibility index (Phi) is 2.02. The summed E-state index contributed by atoms with van der Waals surface area (Å²) < 4.78 is 13.2. The minimum Gasteiger partial charge on any atom is -0.262 e. The highest BCUT2D eigenvalue weighted by atomic mass is 19.1. The van der Waals surface area contributed by atoms with Crippen molar-refractivity contribution in [2.24, 2.45) is 0 Å². The Morgan fingerprint density at radius 1 is 1.31 bits per heavy atom. The van der Waals surface area contributed by atoms with E-state index >= 15 is 0 Å². The van der Waals surface area contributed by atoms with Crippen molar-refractivity contribution in [3.8, 4) is 11.4 Å². The topological polar surface area (TPSA) is 41.6 Å². The van der Waals surface area contributed by atoms with Crippen molar-refractivity contribution >= 4 is 0 Å². The lowest BCUT2D eigenvalue weighted by Gasteiger charge is -1.98. The van der Waals surface area contributed by atoms with Crippen molar-refractivity contribution in [3.05, 3.63) is 35.4 Å². The first-order valence-electron chi connectivity index (χ1n) is 5.42. The molecule has 1 N–H and O–H groups in total. The molecule has 1 aromatic heterocycles. The van der Waals surface area contributed by atoms with Gasteiger partial charge < -0.3 is 0 Å². The molecule has 0 spiro atoms. The van der Waals surface area contributed by atoms with Gasteiger partial charge in [0, 0.05) is 11.5 Å². The van der Waals surface area contributed by atoms with E-state index in [4.69, 9.17) is 0 Å². The van der Waals surface area contributed by atoms with Gasteiger partial charge in [-0.05, 0) is 43.5 Å². The fourth-order valence-electron chi connectivity index (χ4n) is 1.81. The van der Waals surface area contributed by atoms with E-state index < -0.39 is 0 Å². The first kappa shape index (κ1) is 9.51. The normalized spacial score (nSPS) is 15.4. The first-order chi connectivity index (χ1) is 7.72. The molecule has 0 radical (unpaired) electrons. The molecule has 0 saturated heterocycles. The summed E-state index contributed by atoms with van der Waals surface area (Å²) in [7, 11) is 0. The molecular weight excluding hydrogens is 205 g/mol. The largest absolute Gasteiger partial charge is 0.262 e. The van der Waals surface area contributed by atoms with Crippen molar-refractivity contribution < 1.29 is 4.39 Å². The second-order valence-corrected chi connectivity index (χ2v) is 4.34. The summed E-state index contributed by atoms with van der Waals surface area (Å²) in [4.78, 5) is 4.39. The number of nitrogens with one attached hydrogen (secondary N) is 1. The molecule has 1 aliphatic carbocycles. The first-order valence-corrected chi connectivity index (χ1v) is 5.42. The number of hydrogen-bond acceptors (Lipinski definition) is 2. The lowest BCUT2D eigenvalue weighted by molar-refractivity contribution is 0.627. The number of aromatic amines is 1. The summed E-state index contributed by atoms with van der Waals surface area (Å²) in [6.45, 7) is 1.86. The molecule has 1 aromatic carbocycles. The fraction of sp³-hybridized carbons (Fsp3) is 0.333. The monoisotopic (exact) mass is 217 g/mol. The van der Waals surface area contributed by atoms with Crippen LogP contribution in [0.2, 0.25) is 0 Å². The van der Waals surface area contributed by atoms with Crippen LogP contribution in [0.4, 0.5) is 4.39 Å². The molecule has 2 aromatic rings. The summed E-state index contributed by atoms with van der Waals surface area (Å²) in [5.41, 5.74) is 1.62. The van der Waals surface area contributed by atoms with Gasteiger partial charge in [0.15, 0.2) is 5.82 Å².